The first-order chi connectivity index (χ1) is 11.0. The van der Waals surface area contributed by atoms with Crippen LogP contribution in [0.15, 0.2) is 72.6 Å². The van der Waals surface area contributed by atoms with Crippen molar-refractivity contribution in [3.8, 4) is 5.75 Å². The molecular weight excluding hydrogens is 310 g/mol. The summed E-state index contributed by atoms with van der Waals surface area (Å²) < 4.78 is 5.75. The molecule has 0 atom stereocenters. The highest BCUT2D eigenvalue weighted by molar-refractivity contribution is 6.30. The molecule has 0 N–H and O–H groups in total. The second-order valence-corrected chi connectivity index (χ2v) is 5.56. The van der Waals surface area contributed by atoms with E-state index in [2.05, 4.69) is 0 Å². The number of halogens is 1. The smallest absolute Gasteiger partial charge is 0.222 e. The second-order valence-electron chi connectivity index (χ2n) is 5.12. The first-order valence-corrected chi connectivity index (χ1v) is 7.51. The summed E-state index contributed by atoms with van der Waals surface area (Å²) in [7, 11) is 3.70. The molecule has 0 heterocycles. The van der Waals surface area contributed by atoms with Crippen LogP contribution in [0.5, 0.6) is 5.75 Å². The highest BCUT2D eigenvalue weighted by Gasteiger charge is 2.10. The molecule has 0 aliphatic carbocycles. The van der Waals surface area contributed by atoms with Gasteiger partial charge in [0.05, 0.1) is 0 Å². The van der Waals surface area contributed by atoms with Crippen LogP contribution in [0.4, 0.5) is 0 Å². The summed E-state index contributed by atoms with van der Waals surface area (Å²) >= 11 is 5.87. The van der Waals surface area contributed by atoms with Gasteiger partial charge in [0.25, 0.3) is 0 Å². The van der Waals surface area contributed by atoms with Crippen molar-refractivity contribution >= 4 is 23.5 Å². The number of benzene rings is 2. The zero-order chi connectivity index (χ0) is 16.7. The molecule has 0 aliphatic rings. The molecule has 0 saturated carbocycles. The third kappa shape index (κ3) is 5.64. The Morgan fingerprint density at radius 1 is 1.04 bits per heavy atom. The van der Waals surface area contributed by atoms with Gasteiger partial charge in [-0.15, -0.1) is 0 Å². The number of carbonyl (C=O) groups is 1. The van der Waals surface area contributed by atoms with Gasteiger partial charge in [-0.1, -0.05) is 41.9 Å². The van der Waals surface area contributed by atoms with E-state index in [1.807, 2.05) is 44.4 Å². The highest BCUT2D eigenvalue weighted by Crippen LogP contribution is 2.19. The molecule has 2 rings (SSSR count). The van der Waals surface area contributed by atoms with E-state index in [1.54, 1.807) is 41.4 Å². The van der Waals surface area contributed by atoms with E-state index in [-0.39, 0.29) is 11.5 Å². The number of carbonyl (C=O) groups excluding carboxylic acids is 1. The molecule has 0 spiro atoms. The number of allylic oxidation sites excluding steroid dienone is 1. The topological polar surface area (TPSA) is 29.5 Å². The summed E-state index contributed by atoms with van der Waals surface area (Å²) in [5.74, 6) is 0.595. The van der Waals surface area contributed by atoms with Gasteiger partial charge in [-0.05, 0) is 35.9 Å². The van der Waals surface area contributed by atoms with Crippen LogP contribution in [0.25, 0.3) is 6.08 Å². The molecule has 3 nitrogen and oxygen atoms in total. The Morgan fingerprint density at radius 2 is 1.70 bits per heavy atom. The molecule has 0 radical (unpaired) electrons. The van der Waals surface area contributed by atoms with Crippen molar-refractivity contribution in [2.75, 3.05) is 14.1 Å². The Bertz CT molecular complexity index is 704. The van der Waals surface area contributed by atoms with Crippen molar-refractivity contribution in [1.29, 1.82) is 0 Å². The van der Waals surface area contributed by atoms with Gasteiger partial charge < -0.3 is 9.64 Å². The number of ether oxygens (including phenoxy) is 1. The normalized spacial score (nSPS) is 11.5. The van der Waals surface area contributed by atoms with E-state index in [0.29, 0.717) is 10.8 Å². The van der Waals surface area contributed by atoms with E-state index in [1.165, 1.54) is 6.08 Å². The lowest BCUT2D eigenvalue weighted by atomic mass is 10.1. The van der Waals surface area contributed by atoms with Gasteiger partial charge in [-0.2, -0.15) is 0 Å². The fourth-order valence-corrected chi connectivity index (χ4v) is 1.91. The molecule has 118 valence electrons. The number of ketones is 1. The summed E-state index contributed by atoms with van der Waals surface area (Å²) in [5.41, 5.74) is 0.892. The molecule has 0 saturated heterocycles. The van der Waals surface area contributed by atoms with E-state index in [4.69, 9.17) is 16.3 Å². The van der Waals surface area contributed by atoms with Crippen LogP contribution in [-0.2, 0) is 4.79 Å². The summed E-state index contributed by atoms with van der Waals surface area (Å²) in [4.78, 5) is 14.2. The molecule has 0 aliphatic heterocycles. The van der Waals surface area contributed by atoms with Crippen LogP contribution < -0.4 is 4.74 Å². The minimum atomic E-state index is -0.211. The van der Waals surface area contributed by atoms with E-state index < -0.39 is 0 Å². The largest absolute Gasteiger partial charge is 0.453 e. The van der Waals surface area contributed by atoms with Crippen LogP contribution >= 0.6 is 11.6 Å². The second kappa shape index (κ2) is 8.20. The Kier molecular flexibility index (Phi) is 6.01. The summed E-state index contributed by atoms with van der Waals surface area (Å²) in [5, 5.41) is 0.616. The van der Waals surface area contributed by atoms with E-state index in [9.17, 15) is 4.79 Å². The van der Waals surface area contributed by atoms with Crippen LogP contribution in [-0.4, -0.2) is 24.8 Å². The maximum Gasteiger partial charge on any atom is 0.222 e. The van der Waals surface area contributed by atoms with Gasteiger partial charge in [0.1, 0.15) is 5.75 Å². The number of hydrogen-bond acceptors (Lipinski definition) is 3. The van der Waals surface area contributed by atoms with Gasteiger partial charge in [-0.3, -0.25) is 4.79 Å². The highest BCUT2D eigenvalue weighted by atomic mass is 35.5. The Hall–Kier alpha value is -2.52. The third-order valence-corrected chi connectivity index (χ3v) is 3.16. The van der Waals surface area contributed by atoms with Crippen molar-refractivity contribution in [3.05, 3.63) is 83.2 Å². The minimum absolute atomic E-state index is 0.211. The Balaban J connectivity index is 2.29. The quantitative estimate of drug-likeness (QED) is 0.581. The van der Waals surface area contributed by atoms with Gasteiger partial charge >= 0.3 is 0 Å². The molecule has 0 bridgehead atoms. The maximum atomic E-state index is 12.4. The monoisotopic (exact) mass is 327 g/mol. The van der Waals surface area contributed by atoms with Crippen molar-refractivity contribution in [2.24, 2.45) is 0 Å². The number of hydrogen-bond donors (Lipinski definition) is 0. The SMILES string of the molecule is CN(C)C=CC(=O)C(=Cc1ccccc1)Oc1ccc(Cl)cc1. The van der Waals surface area contributed by atoms with Crippen LogP contribution in [0.1, 0.15) is 5.56 Å². The molecule has 0 amide bonds. The molecular formula is C19H18ClNO2. The standard InChI is InChI=1S/C19H18ClNO2/c1-21(2)13-12-18(22)19(14-15-6-4-3-5-7-15)23-17-10-8-16(20)9-11-17/h3-14H,1-2H3. The molecule has 23 heavy (non-hydrogen) atoms. The fraction of sp³-hybridized carbons (Fsp3) is 0.105. The predicted molar refractivity (Wildman–Crippen MR) is 94.3 cm³/mol. The predicted octanol–water partition coefficient (Wildman–Crippen LogP) is 4.40. The van der Waals surface area contributed by atoms with E-state index in [0.717, 1.165) is 5.56 Å². The van der Waals surface area contributed by atoms with Crippen LogP contribution in [0, 0.1) is 0 Å². The Morgan fingerprint density at radius 3 is 2.30 bits per heavy atom. The lowest BCUT2D eigenvalue weighted by Crippen LogP contribution is -2.09. The molecule has 0 aromatic heterocycles. The lowest BCUT2D eigenvalue weighted by Gasteiger charge is -2.09. The summed E-state index contributed by atoms with van der Waals surface area (Å²) in [6.45, 7) is 0. The number of rotatable bonds is 6. The van der Waals surface area contributed by atoms with Gasteiger partial charge in [-0.25, -0.2) is 0 Å². The average molecular weight is 328 g/mol. The van der Waals surface area contributed by atoms with Crippen LogP contribution in [0.2, 0.25) is 5.02 Å². The number of nitrogens with zero attached hydrogens (tertiary/aromatic N) is 1. The van der Waals surface area contributed by atoms with Gasteiger partial charge in [0.2, 0.25) is 5.78 Å². The molecule has 2 aromatic carbocycles. The fourth-order valence-electron chi connectivity index (χ4n) is 1.78. The summed E-state index contributed by atoms with van der Waals surface area (Å²) in [6, 6.07) is 16.5. The van der Waals surface area contributed by atoms with E-state index >= 15 is 0 Å². The van der Waals surface area contributed by atoms with Crippen LogP contribution in [0.3, 0.4) is 0 Å². The molecule has 0 fully saturated rings. The minimum Gasteiger partial charge on any atom is -0.453 e. The molecule has 4 heteroatoms. The lowest BCUT2D eigenvalue weighted by molar-refractivity contribution is -0.113. The summed E-state index contributed by atoms with van der Waals surface area (Å²) in [6.07, 6.45) is 4.88. The first kappa shape index (κ1) is 16.8. The van der Waals surface area contributed by atoms with Crippen molar-refractivity contribution in [2.45, 2.75) is 0 Å². The zero-order valence-corrected chi connectivity index (χ0v) is 13.8. The average Bonchev–Trinajstić information content (AvgIpc) is 2.55. The first-order valence-electron chi connectivity index (χ1n) is 7.14. The van der Waals surface area contributed by atoms with Crippen molar-refractivity contribution in [1.82, 2.24) is 4.90 Å². The van der Waals surface area contributed by atoms with Gasteiger partial charge in [0.15, 0.2) is 5.76 Å². The zero-order valence-electron chi connectivity index (χ0n) is 13.1. The molecule has 0 unspecified atom stereocenters. The Labute approximate surface area is 141 Å². The van der Waals surface area contributed by atoms with Crippen molar-refractivity contribution in [3.63, 3.8) is 0 Å². The maximum absolute atomic E-state index is 12.4. The van der Waals surface area contributed by atoms with Gasteiger partial charge in [0, 0.05) is 31.4 Å². The third-order valence-electron chi connectivity index (χ3n) is 2.91. The molecule has 2 aromatic rings. The van der Waals surface area contributed by atoms with Crippen molar-refractivity contribution < 1.29 is 9.53 Å².